The van der Waals surface area contributed by atoms with E-state index < -0.39 is 18.2 Å². The van der Waals surface area contributed by atoms with Crippen LogP contribution >= 0.6 is 34.8 Å². The molecule has 24 heavy (non-hydrogen) atoms. The number of halogens is 3. The number of benzene rings is 1. The van der Waals surface area contributed by atoms with E-state index >= 15 is 0 Å². The highest BCUT2D eigenvalue weighted by molar-refractivity contribution is 6.80. The molecule has 2 rings (SSSR count). The van der Waals surface area contributed by atoms with Crippen LogP contribution in [0.5, 0.6) is 0 Å². The minimum Gasteiger partial charge on any atom is -0.345 e. The van der Waals surface area contributed by atoms with E-state index in [0.29, 0.717) is 0 Å². The SMILES string of the molecule is CC(C)(C)[Si](C)(C)CC1CC(c2ccccc2)OC(C(Cl)(Cl)Cl)O1. The quantitative estimate of drug-likeness (QED) is 0.406. The molecular weight excluding hydrogens is 383 g/mol. The highest BCUT2D eigenvalue weighted by Crippen LogP contribution is 2.46. The maximum Gasteiger partial charge on any atom is 0.240 e. The third-order valence-corrected chi connectivity index (χ3v) is 11.4. The van der Waals surface area contributed by atoms with Gasteiger partial charge in [-0.1, -0.05) is 99.0 Å². The van der Waals surface area contributed by atoms with Crippen molar-refractivity contribution in [1.29, 1.82) is 0 Å². The van der Waals surface area contributed by atoms with Gasteiger partial charge in [0.2, 0.25) is 10.1 Å². The molecule has 0 N–H and O–H groups in total. The fraction of sp³-hybridized carbons (Fsp3) is 0.667. The zero-order valence-electron chi connectivity index (χ0n) is 15.0. The normalized spacial score (nSPS) is 26.4. The zero-order valence-corrected chi connectivity index (χ0v) is 18.3. The average molecular weight is 410 g/mol. The van der Waals surface area contributed by atoms with Crippen molar-refractivity contribution in [2.75, 3.05) is 0 Å². The lowest BCUT2D eigenvalue weighted by Gasteiger charge is -2.44. The van der Waals surface area contributed by atoms with Gasteiger partial charge in [-0.2, -0.15) is 0 Å². The van der Waals surface area contributed by atoms with E-state index in [-0.39, 0.29) is 17.2 Å². The summed E-state index contributed by atoms with van der Waals surface area (Å²) >= 11 is 18.3. The lowest BCUT2D eigenvalue weighted by atomic mass is 10.0. The van der Waals surface area contributed by atoms with E-state index in [4.69, 9.17) is 44.3 Å². The fourth-order valence-electron chi connectivity index (χ4n) is 2.75. The first kappa shape index (κ1) is 20.5. The Balaban J connectivity index is 2.22. The van der Waals surface area contributed by atoms with Gasteiger partial charge in [-0.25, -0.2) is 0 Å². The summed E-state index contributed by atoms with van der Waals surface area (Å²) in [4.78, 5) is 0. The number of rotatable bonds is 3. The van der Waals surface area contributed by atoms with Gasteiger partial charge < -0.3 is 9.47 Å². The van der Waals surface area contributed by atoms with Crippen LogP contribution in [0.25, 0.3) is 0 Å². The van der Waals surface area contributed by atoms with Crippen LogP contribution in [0.3, 0.4) is 0 Å². The van der Waals surface area contributed by atoms with Gasteiger partial charge in [0, 0.05) is 6.42 Å². The Labute approximate surface area is 161 Å². The van der Waals surface area contributed by atoms with Gasteiger partial charge >= 0.3 is 0 Å². The molecule has 3 atom stereocenters. The molecule has 3 unspecified atom stereocenters. The molecule has 136 valence electrons. The molecule has 1 fully saturated rings. The lowest BCUT2D eigenvalue weighted by molar-refractivity contribution is -0.238. The van der Waals surface area contributed by atoms with Crippen LogP contribution in [0.2, 0.25) is 24.2 Å². The van der Waals surface area contributed by atoms with E-state index in [1.54, 1.807) is 0 Å². The van der Waals surface area contributed by atoms with Crippen LogP contribution < -0.4 is 0 Å². The zero-order chi connectivity index (χ0) is 18.2. The lowest BCUT2D eigenvalue weighted by Crippen LogP contribution is -2.47. The second-order valence-corrected chi connectivity index (χ2v) is 16.3. The molecule has 1 aliphatic rings. The molecule has 0 spiro atoms. The molecule has 0 bridgehead atoms. The first-order valence-electron chi connectivity index (χ1n) is 8.33. The van der Waals surface area contributed by atoms with Crippen molar-refractivity contribution < 1.29 is 9.47 Å². The summed E-state index contributed by atoms with van der Waals surface area (Å²) in [6.45, 7) is 11.7. The highest BCUT2D eigenvalue weighted by atomic mass is 35.6. The Bertz CT molecular complexity index is 537. The molecule has 1 heterocycles. The summed E-state index contributed by atoms with van der Waals surface area (Å²) in [5.41, 5.74) is 1.10. The van der Waals surface area contributed by atoms with Crippen molar-refractivity contribution in [3.63, 3.8) is 0 Å². The Morgan fingerprint density at radius 3 is 2.12 bits per heavy atom. The first-order chi connectivity index (χ1) is 10.9. The van der Waals surface area contributed by atoms with Gasteiger partial charge in [-0.05, 0) is 16.6 Å². The predicted molar refractivity (Wildman–Crippen MR) is 106 cm³/mol. The van der Waals surface area contributed by atoms with Crippen LogP contribution in [0.15, 0.2) is 30.3 Å². The Morgan fingerprint density at radius 2 is 1.62 bits per heavy atom. The van der Waals surface area contributed by atoms with Gasteiger partial charge in [0.1, 0.15) is 0 Å². The summed E-state index contributed by atoms with van der Waals surface area (Å²) < 4.78 is 10.4. The Kier molecular flexibility index (Phi) is 6.38. The molecular formula is C18H27Cl3O2Si. The molecule has 6 heteroatoms. The maximum atomic E-state index is 6.08. The predicted octanol–water partition coefficient (Wildman–Crippen LogP) is 6.74. The van der Waals surface area contributed by atoms with Crippen LogP contribution in [0.4, 0.5) is 0 Å². The topological polar surface area (TPSA) is 18.5 Å². The monoisotopic (exact) mass is 408 g/mol. The van der Waals surface area contributed by atoms with E-state index in [2.05, 4.69) is 46.0 Å². The molecule has 1 saturated heterocycles. The van der Waals surface area contributed by atoms with Crippen LogP contribution in [0.1, 0.15) is 38.9 Å². The minimum atomic E-state index is -1.60. The summed E-state index contributed by atoms with van der Waals surface area (Å²) in [5.74, 6) is 0. The molecule has 1 aliphatic heterocycles. The number of hydrogen-bond donors (Lipinski definition) is 0. The standard InChI is InChI=1S/C18H27Cl3O2Si/c1-17(2,3)24(4,5)12-14-11-15(13-9-7-6-8-10-13)23-16(22-14)18(19,20)21/h6-10,14-16H,11-12H2,1-5H3. The molecule has 0 radical (unpaired) electrons. The number of ether oxygens (including phenoxy) is 2. The van der Waals surface area contributed by atoms with Crippen molar-refractivity contribution in [1.82, 2.24) is 0 Å². The third kappa shape index (κ3) is 5.12. The van der Waals surface area contributed by atoms with Crippen LogP contribution in [-0.4, -0.2) is 24.3 Å². The second-order valence-electron chi connectivity index (χ2n) is 8.24. The summed E-state index contributed by atoms with van der Waals surface area (Å²) in [6.07, 6.45) is -0.148. The smallest absolute Gasteiger partial charge is 0.240 e. The van der Waals surface area contributed by atoms with E-state index in [1.807, 2.05) is 18.2 Å². The van der Waals surface area contributed by atoms with Crippen molar-refractivity contribution >= 4 is 42.9 Å². The molecule has 1 aromatic carbocycles. The number of alkyl halides is 3. The Hall–Kier alpha value is 0.227. The average Bonchev–Trinajstić information content (AvgIpc) is 2.45. The largest absolute Gasteiger partial charge is 0.345 e. The van der Waals surface area contributed by atoms with E-state index in [9.17, 15) is 0 Å². The van der Waals surface area contributed by atoms with Crippen molar-refractivity contribution in [2.45, 2.75) is 73.7 Å². The van der Waals surface area contributed by atoms with E-state index in [1.165, 1.54) is 0 Å². The minimum absolute atomic E-state index is 0.0328. The maximum absolute atomic E-state index is 6.08. The summed E-state index contributed by atoms with van der Waals surface area (Å²) in [5, 5.41) is 0.284. The van der Waals surface area contributed by atoms with Gasteiger partial charge in [0.25, 0.3) is 0 Å². The summed E-state index contributed by atoms with van der Waals surface area (Å²) in [7, 11) is -1.52. The van der Waals surface area contributed by atoms with Crippen LogP contribution in [-0.2, 0) is 9.47 Å². The Morgan fingerprint density at radius 1 is 1.04 bits per heavy atom. The first-order valence-corrected chi connectivity index (χ1v) is 12.7. The van der Waals surface area contributed by atoms with Gasteiger partial charge in [0.15, 0.2) is 0 Å². The molecule has 1 aromatic rings. The molecule has 0 aromatic heterocycles. The highest BCUT2D eigenvalue weighted by Gasteiger charge is 2.45. The molecule has 2 nitrogen and oxygen atoms in total. The molecule has 0 saturated carbocycles. The van der Waals surface area contributed by atoms with Gasteiger partial charge in [0.05, 0.1) is 20.3 Å². The van der Waals surface area contributed by atoms with Gasteiger partial charge in [-0.15, -0.1) is 0 Å². The third-order valence-electron chi connectivity index (χ3n) is 5.29. The molecule has 0 amide bonds. The van der Waals surface area contributed by atoms with Crippen molar-refractivity contribution in [3.05, 3.63) is 35.9 Å². The fourth-order valence-corrected chi connectivity index (χ4v) is 5.07. The second kappa shape index (κ2) is 7.46. The summed E-state index contributed by atoms with van der Waals surface area (Å²) in [6, 6.07) is 11.1. The van der Waals surface area contributed by atoms with Gasteiger partial charge in [-0.3, -0.25) is 0 Å². The molecule has 0 aliphatic carbocycles. The van der Waals surface area contributed by atoms with Crippen molar-refractivity contribution in [2.24, 2.45) is 0 Å². The van der Waals surface area contributed by atoms with Crippen molar-refractivity contribution in [3.8, 4) is 0 Å². The van der Waals surface area contributed by atoms with Crippen LogP contribution in [0, 0.1) is 0 Å². The number of hydrogen-bond acceptors (Lipinski definition) is 2. The van der Waals surface area contributed by atoms with E-state index in [0.717, 1.165) is 18.0 Å².